The first-order valence-corrected chi connectivity index (χ1v) is 11.1. The van der Waals surface area contributed by atoms with Crippen LogP contribution in [0.4, 0.5) is 5.69 Å². The number of carbonyl (C=O) groups is 2. The second-order valence-electron chi connectivity index (χ2n) is 8.03. The first kappa shape index (κ1) is 23.3. The van der Waals surface area contributed by atoms with Crippen LogP contribution in [0.25, 0.3) is 5.52 Å². The fraction of sp³-hybridized carbons (Fsp3) is 0.200. The van der Waals surface area contributed by atoms with Gasteiger partial charge in [0.25, 0.3) is 11.5 Å². The van der Waals surface area contributed by atoms with Crippen molar-refractivity contribution >= 4 is 34.6 Å². The van der Waals surface area contributed by atoms with Crippen molar-refractivity contribution in [1.82, 2.24) is 19.5 Å². The third-order valence-corrected chi connectivity index (χ3v) is 6.21. The lowest BCUT2D eigenvalue weighted by Crippen LogP contribution is -2.31. The molecule has 34 heavy (non-hydrogen) atoms. The van der Waals surface area contributed by atoms with Gasteiger partial charge in [0.2, 0.25) is 5.91 Å². The number of rotatable bonds is 6. The normalized spacial score (nSPS) is 10.9. The van der Waals surface area contributed by atoms with E-state index in [4.69, 9.17) is 11.6 Å². The topological polar surface area (TPSA) is 97.5 Å². The number of halogens is 1. The molecule has 9 heteroatoms. The maximum atomic E-state index is 13.2. The quantitative estimate of drug-likeness (QED) is 0.443. The molecule has 0 saturated carbocycles. The number of fused-ring (bicyclic) bond motifs is 1. The van der Waals surface area contributed by atoms with Crippen molar-refractivity contribution in [3.8, 4) is 0 Å². The molecule has 0 fully saturated rings. The first-order valence-electron chi connectivity index (χ1n) is 10.7. The highest BCUT2D eigenvalue weighted by atomic mass is 35.5. The molecule has 0 aliphatic carbocycles. The maximum Gasteiger partial charge on any atom is 0.291 e. The van der Waals surface area contributed by atoms with Gasteiger partial charge in [0.15, 0.2) is 0 Å². The van der Waals surface area contributed by atoms with Gasteiger partial charge in [-0.1, -0.05) is 48.0 Å². The van der Waals surface area contributed by atoms with E-state index in [9.17, 15) is 14.4 Å². The summed E-state index contributed by atoms with van der Waals surface area (Å²) in [6.07, 6.45) is 1.45. The van der Waals surface area contributed by atoms with Crippen LogP contribution in [0.15, 0.2) is 59.7 Å². The summed E-state index contributed by atoms with van der Waals surface area (Å²) in [6, 6.07) is 14.8. The van der Waals surface area contributed by atoms with Crippen LogP contribution in [0.3, 0.4) is 0 Å². The van der Waals surface area contributed by atoms with E-state index in [1.165, 1.54) is 6.33 Å². The average molecular weight is 478 g/mol. The van der Waals surface area contributed by atoms with Crippen molar-refractivity contribution in [1.29, 1.82) is 0 Å². The van der Waals surface area contributed by atoms with Crippen LogP contribution in [0, 0.1) is 20.8 Å². The third-order valence-electron chi connectivity index (χ3n) is 5.80. The van der Waals surface area contributed by atoms with Gasteiger partial charge in [-0.2, -0.15) is 5.10 Å². The zero-order valence-corrected chi connectivity index (χ0v) is 19.8. The predicted molar refractivity (Wildman–Crippen MR) is 131 cm³/mol. The number of carbonyl (C=O) groups excluding carboxylic acids is 2. The summed E-state index contributed by atoms with van der Waals surface area (Å²) in [5.74, 6) is -0.686. The van der Waals surface area contributed by atoms with Crippen LogP contribution < -0.4 is 16.2 Å². The zero-order valence-electron chi connectivity index (χ0n) is 19.1. The SMILES string of the molecule is Cc1c(Cl)cccc1NC(=O)Cn1ncn2c(C)c(C(=O)NCc3ccccc3)c(C)c2c1=O. The number of aromatic nitrogens is 3. The Hall–Kier alpha value is -3.91. The van der Waals surface area contributed by atoms with E-state index in [2.05, 4.69) is 15.7 Å². The Bertz CT molecular complexity index is 1460. The summed E-state index contributed by atoms with van der Waals surface area (Å²) >= 11 is 6.11. The van der Waals surface area contributed by atoms with Crippen molar-refractivity contribution in [2.24, 2.45) is 0 Å². The summed E-state index contributed by atoms with van der Waals surface area (Å²) in [4.78, 5) is 38.7. The number of nitrogens with one attached hydrogen (secondary N) is 2. The summed E-state index contributed by atoms with van der Waals surface area (Å²) in [5, 5.41) is 10.3. The number of benzene rings is 2. The lowest BCUT2D eigenvalue weighted by molar-refractivity contribution is -0.117. The van der Waals surface area contributed by atoms with Gasteiger partial charge in [0.1, 0.15) is 18.4 Å². The summed E-state index contributed by atoms with van der Waals surface area (Å²) < 4.78 is 2.67. The molecule has 0 aliphatic heterocycles. The molecule has 4 aromatic rings. The van der Waals surface area contributed by atoms with Gasteiger partial charge < -0.3 is 10.6 Å². The minimum atomic E-state index is -0.455. The van der Waals surface area contributed by atoms with E-state index in [0.29, 0.717) is 39.6 Å². The van der Waals surface area contributed by atoms with Gasteiger partial charge in [-0.15, -0.1) is 0 Å². The predicted octanol–water partition coefficient (Wildman–Crippen LogP) is 3.64. The minimum Gasteiger partial charge on any atom is -0.348 e. The molecule has 4 rings (SSSR count). The van der Waals surface area contributed by atoms with Gasteiger partial charge in [0, 0.05) is 22.9 Å². The highest BCUT2D eigenvalue weighted by Crippen LogP contribution is 2.23. The van der Waals surface area contributed by atoms with Crippen molar-refractivity contribution in [3.05, 3.63) is 98.2 Å². The Labute approximate surface area is 201 Å². The number of hydrogen-bond acceptors (Lipinski definition) is 4. The lowest BCUT2D eigenvalue weighted by atomic mass is 10.1. The standard InChI is InChI=1S/C25H24ClN5O3/c1-15-19(26)10-7-11-20(15)29-21(32)13-31-25(34)23-16(2)22(17(3)30(23)14-28-31)24(33)27-12-18-8-5-4-6-9-18/h4-11,14H,12-13H2,1-3H3,(H,27,33)(H,29,32). The van der Waals surface area contributed by atoms with Gasteiger partial charge >= 0.3 is 0 Å². The zero-order chi connectivity index (χ0) is 24.4. The molecule has 2 aromatic carbocycles. The van der Waals surface area contributed by atoms with Crippen LogP contribution in [0.5, 0.6) is 0 Å². The number of hydrogen-bond donors (Lipinski definition) is 2. The summed E-state index contributed by atoms with van der Waals surface area (Å²) in [6.45, 7) is 5.38. The molecule has 0 spiro atoms. The molecule has 0 saturated heterocycles. The molecule has 0 unspecified atom stereocenters. The van der Waals surface area contributed by atoms with E-state index >= 15 is 0 Å². The molecule has 0 radical (unpaired) electrons. The Morgan fingerprint density at radius 2 is 1.74 bits per heavy atom. The summed E-state index contributed by atoms with van der Waals surface area (Å²) in [7, 11) is 0. The van der Waals surface area contributed by atoms with Crippen molar-refractivity contribution in [3.63, 3.8) is 0 Å². The van der Waals surface area contributed by atoms with E-state index in [0.717, 1.165) is 15.8 Å². The molecule has 2 amide bonds. The van der Waals surface area contributed by atoms with Crippen LogP contribution in [0.1, 0.15) is 32.7 Å². The highest BCUT2D eigenvalue weighted by Gasteiger charge is 2.22. The summed E-state index contributed by atoms with van der Waals surface area (Å²) in [5.41, 5.74) is 3.69. The van der Waals surface area contributed by atoms with E-state index in [-0.39, 0.29) is 12.5 Å². The number of anilines is 1. The van der Waals surface area contributed by atoms with Gasteiger partial charge in [-0.25, -0.2) is 4.68 Å². The van der Waals surface area contributed by atoms with Crippen LogP contribution in [0.2, 0.25) is 5.02 Å². The Morgan fingerprint density at radius 3 is 2.47 bits per heavy atom. The van der Waals surface area contributed by atoms with Crippen LogP contribution in [-0.4, -0.2) is 26.0 Å². The molecule has 174 valence electrons. The monoisotopic (exact) mass is 477 g/mol. The van der Waals surface area contributed by atoms with Crippen LogP contribution in [-0.2, 0) is 17.9 Å². The Morgan fingerprint density at radius 1 is 1.00 bits per heavy atom. The van der Waals surface area contributed by atoms with Crippen molar-refractivity contribution in [2.75, 3.05) is 5.32 Å². The molecular formula is C25H24ClN5O3. The Kier molecular flexibility index (Phi) is 6.51. The lowest BCUT2D eigenvalue weighted by Gasteiger charge is -2.10. The van der Waals surface area contributed by atoms with Crippen molar-refractivity contribution < 1.29 is 9.59 Å². The van der Waals surface area contributed by atoms with E-state index in [1.54, 1.807) is 43.4 Å². The molecule has 0 aliphatic rings. The molecule has 2 aromatic heterocycles. The van der Waals surface area contributed by atoms with E-state index in [1.807, 2.05) is 30.3 Å². The van der Waals surface area contributed by atoms with Crippen molar-refractivity contribution in [2.45, 2.75) is 33.9 Å². The Balaban J connectivity index is 1.59. The third kappa shape index (κ3) is 4.45. The van der Waals surface area contributed by atoms with Crippen LogP contribution >= 0.6 is 11.6 Å². The largest absolute Gasteiger partial charge is 0.348 e. The highest BCUT2D eigenvalue weighted by molar-refractivity contribution is 6.31. The maximum absolute atomic E-state index is 13.2. The molecular weight excluding hydrogens is 454 g/mol. The fourth-order valence-corrected chi connectivity index (χ4v) is 4.11. The molecule has 0 atom stereocenters. The first-order chi connectivity index (χ1) is 16.3. The molecule has 2 heterocycles. The fourth-order valence-electron chi connectivity index (χ4n) is 3.94. The minimum absolute atomic E-state index is 0.275. The average Bonchev–Trinajstić information content (AvgIpc) is 3.08. The smallest absolute Gasteiger partial charge is 0.291 e. The second-order valence-corrected chi connectivity index (χ2v) is 8.43. The molecule has 0 bridgehead atoms. The number of nitrogens with zero attached hydrogens (tertiary/aromatic N) is 3. The number of aryl methyl sites for hydroxylation is 2. The number of amides is 2. The van der Waals surface area contributed by atoms with E-state index < -0.39 is 11.5 Å². The molecule has 2 N–H and O–H groups in total. The molecule has 8 nitrogen and oxygen atoms in total. The van der Waals surface area contributed by atoms with Gasteiger partial charge in [-0.3, -0.25) is 18.8 Å². The van der Waals surface area contributed by atoms with Gasteiger partial charge in [-0.05, 0) is 49.6 Å². The van der Waals surface area contributed by atoms with Gasteiger partial charge in [0.05, 0.1) is 5.56 Å². The second kappa shape index (κ2) is 9.52.